The maximum Gasteiger partial charge on any atom is 0.319 e. The van der Waals surface area contributed by atoms with Crippen molar-refractivity contribution < 1.29 is 27.4 Å². The smallest absolute Gasteiger partial charge is 0.319 e. The second-order valence-electron chi connectivity index (χ2n) is 10.7. The van der Waals surface area contributed by atoms with Crippen LogP contribution >= 0.6 is 11.6 Å². The van der Waals surface area contributed by atoms with E-state index in [0.29, 0.717) is 43.2 Å². The molecule has 210 valence electrons. The number of aromatic nitrogens is 2. The second kappa shape index (κ2) is 11.0. The maximum atomic E-state index is 16.1. The number of hydrogen-bond acceptors (Lipinski definition) is 6. The van der Waals surface area contributed by atoms with E-state index in [9.17, 15) is 18.3 Å². The minimum absolute atomic E-state index is 0.0698. The zero-order chi connectivity index (χ0) is 27.9. The lowest BCUT2D eigenvalue weighted by Gasteiger charge is -2.38. The van der Waals surface area contributed by atoms with Crippen LogP contribution in [0.25, 0.3) is 22.0 Å². The van der Waals surface area contributed by atoms with Crippen LogP contribution in [-0.4, -0.2) is 64.7 Å². The van der Waals surface area contributed by atoms with E-state index in [1.165, 1.54) is 18.2 Å². The summed E-state index contributed by atoms with van der Waals surface area (Å²) in [4.78, 5) is 12.7. The molecule has 3 heterocycles. The first kappa shape index (κ1) is 27.7. The predicted octanol–water partition coefficient (Wildman–Crippen LogP) is 6.67. The van der Waals surface area contributed by atoms with Crippen molar-refractivity contribution in [3.05, 3.63) is 40.9 Å². The molecule has 2 saturated heterocycles. The Morgan fingerprint density at radius 3 is 2.67 bits per heavy atom. The van der Waals surface area contributed by atoms with Crippen molar-refractivity contribution in [2.45, 2.75) is 51.5 Å². The van der Waals surface area contributed by atoms with Gasteiger partial charge in [0.05, 0.1) is 23.7 Å². The van der Waals surface area contributed by atoms with Gasteiger partial charge >= 0.3 is 6.01 Å². The van der Waals surface area contributed by atoms with Crippen molar-refractivity contribution in [1.82, 2.24) is 14.9 Å². The van der Waals surface area contributed by atoms with E-state index in [0.717, 1.165) is 18.9 Å². The predicted molar refractivity (Wildman–Crippen MR) is 143 cm³/mol. The Morgan fingerprint density at radius 1 is 1.15 bits per heavy atom. The summed E-state index contributed by atoms with van der Waals surface area (Å²) in [7, 11) is 0. The van der Waals surface area contributed by atoms with Gasteiger partial charge in [0.15, 0.2) is 5.82 Å². The molecule has 39 heavy (non-hydrogen) atoms. The van der Waals surface area contributed by atoms with E-state index in [1.54, 1.807) is 4.90 Å². The molecule has 0 unspecified atom stereocenters. The van der Waals surface area contributed by atoms with Crippen LogP contribution < -0.4 is 9.64 Å². The molecule has 3 aromatic rings. The van der Waals surface area contributed by atoms with Crippen LogP contribution in [0.15, 0.2) is 24.3 Å². The minimum atomic E-state index is -2.66. The highest BCUT2D eigenvalue weighted by Gasteiger charge is 2.37. The van der Waals surface area contributed by atoms with Crippen molar-refractivity contribution in [2.75, 3.05) is 37.7 Å². The van der Waals surface area contributed by atoms with Gasteiger partial charge in [-0.3, -0.25) is 4.90 Å². The van der Waals surface area contributed by atoms with Crippen LogP contribution in [0, 0.1) is 17.6 Å². The standard InChI is InChI=1S/C28H31ClF4N4O2/c1-16-7-8-17(2)37(14-16)26-18-13-19(29)22(23-20(30)5-3-6-21(23)38)24(31)25(18)34-27(35-26)39-12-4-10-36-11-9-28(32,33)15-36/h3,5-6,13,16-17,38H,4,7-12,14-15H2,1-2H3/t16-,17-/m0/s1. The van der Waals surface area contributed by atoms with Crippen molar-refractivity contribution in [3.8, 4) is 22.9 Å². The summed E-state index contributed by atoms with van der Waals surface area (Å²) in [5.41, 5.74) is -0.765. The molecule has 1 aromatic heterocycles. The minimum Gasteiger partial charge on any atom is -0.507 e. The number of likely N-dealkylation sites (tertiary alicyclic amines) is 1. The number of halogens is 5. The first-order valence-electron chi connectivity index (χ1n) is 13.2. The third-order valence-corrected chi connectivity index (χ3v) is 7.87. The van der Waals surface area contributed by atoms with Crippen molar-refractivity contribution in [3.63, 3.8) is 0 Å². The molecule has 0 saturated carbocycles. The molecule has 1 N–H and O–H groups in total. The maximum absolute atomic E-state index is 16.1. The second-order valence-corrected chi connectivity index (χ2v) is 11.1. The van der Waals surface area contributed by atoms with E-state index in [4.69, 9.17) is 16.3 Å². The fraction of sp³-hybridized carbons (Fsp3) is 0.500. The highest BCUT2D eigenvalue weighted by Crippen LogP contribution is 2.43. The van der Waals surface area contributed by atoms with Crippen LogP contribution in [0.3, 0.4) is 0 Å². The van der Waals surface area contributed by atoms with Crippen LogP contribution in [0.4, 0.5) is 23.4 Å². The van der Waals surface area contributed by atoms with Gasteiger partial charge in [0.1, 0.15) is 22.9 Å². The topological polar surface area (TPSA) is 61.7 Å². The molecule has 11 heteroatoms. The van der Waals surface area contributed by atoms with Gasteiger partial charge in [0.2, 0.25) is 0 Å². The molecule has 6 nitrogen and oxygen atoms in total. The van der Waals surface area contributed by atoms with E-state index in [1.807, 2.05) is 0 Å². The monoisotopic (exact) mass is 566 g/mol. The molecule has 0 bridgehead atoms. The van der Waals surface area contributed by atoms with E-state index in [2.05, 4.69) is 28.7 Å². The number of anilines is 1. The van der Waals surface area contributed by atoms with Gasteiger partial charge in [0, 0.05) is 43.0 Å². The normalized spacial score (nSPS) is 21.6. The van der Waals surface area contributed by atoms with Crippen LogP contribution in [0.2, 0.25) is 5.02 Å². The lowest BCUT2D eigenvalue weighted by molar-refractivity contribution is 0.0118. The fourth-order valence-electron chi connectivity index (χ4n) is 5.47. The van der Waals surface area contributed by atoms with Crippen molar-refractivity contribution in [2.24, 2.45) is 5.92 Å². The van der Waals surface area contributed by atoms with Crippen LogP contribution in [0.5, 0.6) is 11.8 Å². The Morgan fingerprint density at radius 2 is 1.95 bits per heavy atom. The van der Waals surface area contributed by atoms with Crippen LogP contribution in [-0.2, 0) is 0 Å². The molecule has 2 atom stereocenters. The number of nitrogens with zero attached hydrogens (tertiary/aromatic N) is 4. The average Bonchev–Trinajstić information content (AvgIpc) is 3.23. The highest BCUT2D eigenvalue weighted by atomic mass is 35.5. The largest absolute Gasteiger partial charge is 0.507 e. The molecule has 2 aliphatic rings. The van der Waals surface area contributed by atoms with E-state index >= 15 is 4.39 Å². The van der Waals surface area contributed by atoms with Crippen LogP contribution in [0.1, 0.15) is 39.5 Å². The Bertz CT molecular complexity index is 1360. The summed E-state index contributed by atoms with van der Waals surface area (Å²) in [5.74, 6) is -4.01. The molecule has 5 rings (SSSR count). The number of aromatic hydroxyl groups is 1. The van der Waals surface area contributed by atoms with Gasteiger partial charge in [0.25, 0.3) is 5.92 Å². The SMILES string of the molecule is C[C@H]1CC[C@H](C)N(c2nc(OCCCN3CCC(F)(F)C3)nc3c(F)c(-c4c(O)cccc4F)c(Cl)cc23)C1. The zero-order valence-electron chi connectivity index (χ0n) is 21.9. The summed E-state index contributed by atoms with van der Waals surface area (Å²) in [6.45, 7) is 5.51. The number of hydrogen-bond donors (Lipinski definition) is 1. The van der Waals surface area contributed by atoms with E-state index in [-0.39, 0.29) is 53.3 Å². The lowest BCUT2D eigenvalue weighted by Crippen LogP contribution is -2.41. The van der Waals surface area contributed by atoms with Gasteiger partial charge in [-0.25, -0.2) is 17.6 Å². The Balaban J connectivity index is 1.52. The Hall–Kier alpha value is -2.85. The van der Waals surface area contributed by atoms with Gasteiger partial charge in [-0.05, 0) is 50.3 Å². The first-order valence-corrected chi connectivity index (χ1v) is 13.6. The quantitative estimate of drug-likeness (QED) is 0.255. The third-order valence-electron chi connectivity index (χ3n) is 7.57. The first-order chi connectivity index (χ1) is 18.5. The highest BCUT2D eigenvalue weighted by molar-refractivity contribution is 6.34. The molecule has 0 spiro atoms. The number of fused-ring (bicyclic) bond motifs is 1. The molecule has 2 aromatic carbocycles. The van der Waals surface area contributed by atoms with E-state index < -0.39 is 23.3 Å². The number of alkyl halides is 2. The third kappa shape index (κ3) is 5.72. The molecular formula is C28H31ClF4N4O2. The zero-order valence-corrected chi connectivity index (χ0v) is 22.6. The molecular weight excluding hydrogens is 536 g/mol. The van der Waals surface area contributed by atoms with Crippen molar-refractivity contribution in [1.29, 1.82) is 0 Å². The Labute approximate surface area is 229 Å². The molecule has 0 amide bonds. The summed E-state index contributed by atoms with van der Waals surface area (Å²) < 4.78 is 63.6. The fourth-order valence-corrected chi connectivity index (χ4v) is 5.75. The lowest BCUT2D eigenvalue weighted by atomic mass is 9.94. The van der Waals surface area contributed by atoms with Gasteiger partial charge < -0.3 is 14.7 Å². The molecule has 2 fully saturated rings. The summed E-state index contributed by atoms with van der Waals surface area (Å²) in [6.07, 6.45) is 2.27. The number of piperidine rings is 1. The molecule has 0 radical (unpaired) electrons. The number of benzene rings is 2. The Kier molecular flexibility index (Phi) is 7.79. The van der Waals surface area contributed by atoms with Gasteiger partial charge in [-0.2, -0.15) is 9.97 Å². The summed E-state index contributed by atoms with van der Waals surface area (Å²) in [5, 5.41) is 10.6. The number of phenolic OH excluding ortho intramolecular Hbond substituents is 1. The summed E-state index contributed by atoms with van der Waals surface area (Å²) in [6, 6.07) is 5.23. The van der Waals surface area contributed by atoms with Gasteiger partial charge in [-0.15, -0.1) is 0 Å². The summed E-state index contributed by atoms with van der Waals surface area (Å²) >= 11 is 6.51. The van der Waals surface area contributed by atoms with Crippen molar-refractivity contribution >= 4 is 28.3 Å². The molecule has 0 aliphatic carbocycles. The average molecular weight is 567 g/mol. The number of ether oxygens (including phenoxy) is 1. The number of rotatable bonds is 7. The van der Waals surface area contributed by atoms with Gasteiger partial charge in [-0.1, -0.05) is 24.6 Å². The molecule has 2 aliphatic heterocycles. The number of phenols is 1.